The SMILES string of the molecule is C=C(C)CN1C(=O)[C@H](N2C(=O)c3ccccc3C2=O)[C@@H]1C=O. The van der Waals surface area contributed by atoms with Crippen molar-refractivity contribution in [3.63, 3.8) is 0 Å². The molecule has 6 heteroatoms. The molecule has 6 nitrogen and oxygen atoms in total. The number of hydrogen-bond acceptors (Lipinski definition) is 4. The van der Waals surface area contributed by atoms with Crippen molar-refractivity contribution in [2.75, 3.05) is 6.54 Å². The lowest BCUT2D eigenvalue weighted by atomic mass is 9.93. The molecule has 1 aromatic rings. The maximum atomic E-state index is 12.4. The van der Waals surface area contributed by atoms with Crippen molar-refractivity contribution < 1.29 is 19.2 Å². The topological polar surface area (TPSA) is 74.8 Å². The molecule has 0 saturated carbocycles. The molecule has 22 heavy (non-hydrogen) atoms. The van der Waals surface area contributed by atoms with Crippen LogP contribution in [0.3, 0.4) is 0 Å². The van der Waals surface area contributed by atoms with E-state index in [1.807, 2.05) is 0 Å². The van der Waals surface area contributed by atoms with E-state index >= 15 is 0 Å². The highest BCUT2D eigenvalue weighted by atomic mass is 16.2. The van der Waals surface area contributed by atoms with Crippen molar-refractivity contribution in [3.8, 4) is 0 Å². The van der Waals surface area contributed by atoms with Crippen LogP contribution in [0, 0.1) is 0 Å². The number of fused-ring (bicyclic) bond motifs is 1. The third kappa shape index (κ3) is 1.80. The van der Waals surface area contributed by atoms with E-state index in [0.29, 0.717) is 6.29 Å². The first kappa shape index (κ1) is 14.2. The average molecular weight is 298 g/mol. The highest BCUT2D eigenvalue weighted by Crippen LogP contribution is 2.32. The van der Waals surface area contributed by atoms with Crippen LogP contribution in [0.2, 0.25) is 0 Å². The summed E-state index contributed by atoms with van der Waals surface area (Å²) in [5, 5.41) is 0. The summed E-state index contributed by atoms with van der Waals surface area (Å²) in [5.74, 6) is -1.46. The Morgan fingerprint density at radius 3 is 2.18 bits per heavy atom. The first-order valence-electron chi connectivity index (χ1n) is 6.84. The zero-order valence-electron chi connectivity index (χ0n) is 12.0. The molecule has 2 aliphatic heterocycles. The largest absolute Gasteiger partial charge is 0.324 e. The van der Waals surface area contributed by atoms with Crippen LogP contribution in [0.15, 0.2) is 36.4 Å². The van der Waals surface area contributed by atoms with Gasteiger partial charge in [0.1, 0.15) is 18.4 Å². The van der Waals surface area contributed by atoms with E-state index in [4.69, 9.17) is 0 Å². The molecule has 1 fully saturated rings. The molecule has 2 aliphatic rings. The fraction of sp³-hybridized carbons (Fsp3) is 0.250. The van der Waals surface area contributed by atoms with Crippen molar-refractivity contribution >= 4 is 24.0 Å². The van der Waals surface area contributed by atoms with E-state index in [1.165, 1.54) is 4.90 Å². The molecule has 0 aliphatic carbocycles. The minimum Gasteiger partial charge on any atom is -0.324 e. The van der Waals surface area contributed by atoms with E-state index in [0.717, 1.165) is 10.5 Å². The summed E-state index contributed by atoms with van der Waals surface area (Å²) in [7, 11) is 0. The average Bonchev–Trinajstić information content (AvgIpc) is 2.74. The summed E-state index contributed by atoms with van der Waals surface area (Å²) in [6.45, 7) is 5.69. The predicted molar refractivity (Wildman–Crippen MR) is 77.1 cm³/mol. The molecule has 2 heterocycles. The van der Waals surface area contributed by atoms with Crippen LogP contribution >= 0.6 is 0 Å². The summed E-state index contributed by atoms with van der Waals surface area (Å²) < 4.78 is 0. The van der Waals surface area contributed by atoms with Crippen LogP contribution in [-0.4, -0.2) is 52.4 Å². The maximum absolute atomic E-state index is 12.4. The number of imide groups is 1. The first-order valence-corrected chi connectivity index (χ1v) is 6.84. The van der Waals surface area contributed by atoms with Gasteiger partial charge in [-0.05, 0) is 19.1 Å². The summed E-state index contributed by atoms with van der Waals surface area (Å²) in [6, 6.07) is 4.53. The summed E-state index contributed by atoms with van der Waals surface area (Å²) >= 11 is 0. The predicted octanol–water partition coefficient (Wildman–Crippen LogP) is 0.637. The number of hydrogen-bond donors (Lipinski definition) is 0. The number of likely N-dealkylation sites (tertiary alicyclic amines) is 1. The number of carbonyl (C=O) groups is 4. The minimum atomic E-state index is -1.05. The van der Waals surface area contributed by atoms with Gasteiger partial charge in [-0.15, -0.1) is 0 Å². The van der Waals surface area contributed by atoms with Crippen LogP contribution in [0.1, 0.15) is 27.6 Å². The van der Waals surface area contributed by atoms with Gasteiger partial charge in [0.2, 0.25) is 5.91 Å². The van der Waals surface area contributed by atoms with E-state index < -0.39 is 29.8 Å². The van der Waals surface area contributed by atoms with Crippen LogP contribution in [0.4, 0.5) is 0 Å². The molecule has 0 unspecified atom stereocenters. The number of benzene rings is 1. The number of carbonyl (C=O) groups excluding carboxylic acids is 4. The summed E-state index contributed by atoms with van der Waals surface area (Å²) in [6.07, 6.45) is 0.596. The monoisotopic (exact) mass is 298 g/mol. The van der Waals surface area contributed by atoms with E-state index in [-0.39, 0.29) is 17.7 Å². The first-order chi connectivity index (χ1) is 10.5. The quantitative estimate of drug-likeness (QED) is 0.354. The van der Waals surface area contributed by atoms with Gasteiger partial charge in [-0.3, -0.25) is 19.3 Å². The molecule has 0 aromatic heterocycles. The van der Waals surface area contributed by atoms with Crippen molar-refractivity contribution in [1.29, 1.82) is 0 Å². The Bertz CT molecular complexity index is 690. The molecule has 3 rings (SSSR count). The Labute approximate surface area is 127 Å². The third-order valence-electron chi connectivity index (χ3n) is 3.90. The van der Waals surface area contributed by atoms with Gasteiger partial charge >= 0.3 is 0 Å². The second kappa shape index (κ2) is 4.91. The van der Waals surface area contributed by atoms with Crippen LogP contribution in [-0.2, 0) is 9.59 Å². The van der Waals surface area contributed by atoms with Gasteiger partial charge < -0.3 is 9.69 Å². The van der Waals surface area contributed by atoms with Crippen LogP contribution in [0.25, 0.3) is 0 Å². The Balaban J connectivity index is 1.92. The number of nitrogens with zero attached hydrogens (tertiary/aromatic N) is 2. The van der Waals surface area contributed by atoms with E-state index in [1.54, 1.807) is 31.2 Å². The Kier molecular flexibility index (Phi) is 3.16. The summed E-state index contributed by atoms with van der Waals surface area (Å²) in [5.41, 5.74) is 1.26. The molecule has 1 aromatic carbocycles. The lowest BCUT2D eigenvalue weighted by molar-refractivity contribution is -0.157. The molecule has 0 N–H and O–H groups in total. The van der Waals surface area contributed by atoms with Crippen molar-refractivity contribution in [3.05, 3.63) is 47.5 Å². The fourth-order valence-corrected chi connectivity index (χ4v) is 2.90. The van der Waals surface area contributed by atoms with Gasteiger partial charge in [-0.2, -0.15) is 0 Å². The van der Waals surface area contributed by atoms with E-state index in [2.05, 4.69) is 6.58 Å². The lowest BCUT2D eigenvalue weighted by Gasteiger charge is -2.47. The van der Waals surface area contributed by atoms with Crippen molar-refractivity contribution in [2.45, 2.75) is 19.0 Å². The van der Waals surface area contributed by atoms with Crippen molar-refractivity contribution in [1.82, 2.24) is 9.80 Å². The number of rotatable bonds is 4. The Morgan fingerprint density at radius 1 is 1.18 bits per heavy atom. The minimum absolute atomic E-state index is 0.238. The van der Waals surface area contributed by atoms with Gasteiger partial charge in [-0.1, -0.05) is 24.3 Å². The molecule has 0 radical (unpaired) electrons. The smallest absolute Gasteiger partial charge is 0.262 e. The van der Waals surface area contributed by atoms with Gasteiger partial charge in [0.05, 0.1) is 11.1 Å². The number of amides is 3. The van der Waals surface area contributed by atoms with Gasteiger partial charge in [0.15, 0.2) is 0 Å². The zero-order valence-corrected chi connectivity index (χ0v) is 12.0. The molecular weight excluding hydrogens is 284 g/mol. The Hall–Kier alpha value is -2.76. The Morgan fingerprint density at radius 2 is 1.73 bits per heavy atom. The number of β-lactam (4-membered cyclic amide) rings is 1. The highest BCUT2D eigenvalue weighted by Gasteiger charge is 2.56. The molecule has 0 spiro atoms. The van der Waals surface area contributed by atoms with Gasteiger partial charge in [0, 0.05) is 6.54 Å². The van der Waals surface area contributed by atoms with Crippen LogP contribution < -0.4 is 0 Å². The fourth-order valence-electron chi connectivity index (χ4n) is 2.90. The molecule has 3 amide bonds. The molecule has 112 valence electrons. The third-order valence-corrected chi connectivity index (χ3v) is 3.90. The molecule has 0 bridgehead atoms. The second-order valence-corrected chi connectivity index (χ2v) is 5.52. The van der Waals surface area contributed by atoms with Crippen molar-refractivity contribution in [2.24, 2.45) is 0 Å². The molecule has 2 atom stereocenters. The standard InChI is InChI=1S/C16H14N2O4/c1-9(2)7-17-12(8-19)13(16(17)22)18-14(20)10-5-3-4-6-11(10)15(18)21/h3-6,8,12-13H,1,7H2,2H3/t12-,13+/m0/s1. The zero-order chi connectivity index (χ0) is 16.0. The number of aldehydes is 1. The molecular formula is C16H14N2O4. The summed E-state index contributed by atoms with van der Waals surface area (Å²) in [4.78, 5) is 50.6. The lowest BCUT2D eigenvalue weighted by Crippen LogP contribution is -2.72. The normalized spacial score (nSPS) is 23.4. The van der Waals surface area contributed by atoms with Gasteiger partial charge in [0.25, 0.3) is 11.8 Å². The highest BCUT2D eigenvalue weighted by molar-refractivity contribution is 6.23. The molecule has 1 saturated heterocycles. The maximum Gasteiger partial charge on any atom is 0.262 e. The van der Waals surface area contributed by atoms with Gasteiger partial charge in [-0.25, -0.2) is 0 Å². The van der Waals surface area contributed by atoms with Crippen LogP contribution in [0.5, 0.6) is 0 Å². The second-order valence-electron chi connectivity index (χ2n) is 5.52. The van der Waals surface area contributed by atoms with E-state index in [9.17, 15) is 19.2 Å².